The number of thiocarbonyl (C=S) groups is 1. The van der Waals surface area contributed by atoms with Crippen LogP contribution in [-0.4, -0.2) is 10.8 Å². The van der Waals surface area contributed by atoms with Crippen molar-refractivity contribution in [1.29, 1.82) is 0 Å². The van der Waals surface area contributed by atoms with Crippen LogP contribution < -0.4 is 11.2 Å². The summed E-state index contributed by atoms with van der Waals surface area (Å²) in [5.74, 6) is 0. The average Bonchev–Trinajstić information content (AvgIpc) is 2.33. The molecule has 19 heavy (non-hydrogen) atoms. The van der Waals surface area contributed by atoms with E-state index < -0.39 is 11.7 Å². The van der Waals surface area contributed by atoms with Gasteiger partial charge < -0.3 is 5.73 Å². The molecule has 7 heteroatoms. The Kier molecular flexibility index (Phi) is 5.29. The van der Waals surface area contributed by atoms with Crippen LogP contribution in [0.4, 0.5) is 13.2 Å². The summed E-state index contributed by atoms with van der Waals surface area (Å²) in [5, 5.41) is 3.91. The van der Waals surface area contributed by atoms with Crippen LogP contribution in [0.1, 0.15) is 30.9 Å². The third-order valence-corrected chi connectivity index (χ3v) is 2.40. The molecular weight excluding hydrogens is 275 g/mol. The Morgan fingerprint density at radius 1 is 1.42 bits per heavy atom. The molecular formula is C12H14F3N3S. The van der Waals surface area contributed by atoms with E-state index in [0.29, 0.717) is 17.7 Å². The highest BCUT2D eigenvalue weighted by Crippen LogP contribution is 2.29. The highest BCUT2D eigenvalue weighted by molar-refractivity contribution is 7.80. The average molecular weight is 289 g/mol. The minimum atomic E-state index is -4.37. The molecule has 0 aliphatic rings. The topological polar surface area (TPSA) is 50.4 Å². The fourth-order valence-electron chi connectivity index (χ4n) is 1.50. The molecule has 1 aromatic rings. The molecule has 3 N–H and O–H groups in total. The van der Waals surface area contributed by atoms with Crippen LogP contribution in [-0.2, 0) is 6.18 Å². The molecule has 0 aromatic heterocycles. The van der Waals surface area contributed by atoms with Crippen molar-refractivity contribution in [2.45, 2.75) is 25.9 Å². The van der Waals surface area contributed by atoms with Crippen molar-refractivity contribution in [3.05, 3.63) is 35.4 Å². The zero-order valence-corrected chi connectivity index (χ0v) is 11.1. The van der Waals surface area contributed by atoms with Crippen molar-refractivity contribution in [3.8, 4) is 0 Å². The number of alkyl halides is 3. The van der Waals surface area contributed by atoms with E-state index in [2.05, 4.69) is 22.7 Å². The number of rotatable bonds is 4. The first kappa shape index (κ1) is 15.4. The Labute approximate surface area is 114 Å². The van der Waals surface area contributed by atoms with E-state index in [1.807, 2.05) is 6.92 Å². The number of nitrogens with two attached hydrogens (primary N) is 1. The highest BCUT2D eigenvalue weighted by atomic mass is 32.1. The molecule has 1 aromatic carbocycles. The second-order valence-corrected chi connectivity index (χ2v) is 4.30. The fraction of sp³-hybridized carbons (Fsp3) is 0.333. The first-order valence-corrected chi connectivity index (χ1v) is 6.05. The molecule has 0 fully saturated rings. The number of hydrogen-bond donors (Lipinski definition) is 2. The maximum Gasteiger partial charge on any atom is 0.416 e. The Bertz CT molecular complexity index is 483. The number of nitrogens with zero attached hydrogens (tertiary/aromatic N) is 1. The van der Waals surface area contributed by atoms with Crippen LogP contribution in [0, 0.1) is 0 Å². The predicted molar refractivity (Wildman–Crippen MR) is 72.8 cm³/mol. The van der Waals surface area contributed by atoms with E-state index >= 15 is 0 Å². The fourth-order valence-corrected chi connectivity index (χ4v) is 1.54. The van der Waals surface area contributed by atoms with Gasteiger partial charge in [0, 0.05) is 0 Å². The number of hydrazone groups is 1. The maximum absolute atomic E-state index is 12.6. The molecule has 0 saturated carbocycles. The van der Waals surface area contributed by atoms with E-state index in [9.17, 15) is 13.2 Å². The number of nitrogens with one attached hydrogen (secondary N) is 1. The van der Waals surface area contributed by atoms with Gasteiger partial charge in [-0.05, 0) is 36.3 Å². The number of benzene rings is 1. The van der Waals surface area contributed by atoms with Gasteiger partial charge in [0.1, 0.15) is 0 Å². The van der Waals surface area contributed by atoms with Crippen molar-refractivity contribution < 1.29 is 13.2 Å². The minimum Gasteiger partial charge on any atom is -0.375 e. The van der Waals surface area contributed by atoms with Gasteiger partial charge in [0.2, 0.25) is 0 Å². The molecule has 104 valence electrons. The molecule has 0 spiro atoms. The quantitative estimate of drug-likeness (QED) is 0.509. The monoisotopic (exact) mass is 289 g/mol. The van der Waals surface area contributed by atoms with Gasteiger partial charge in [-0.1, -0.05) is 25.5 Å². The molecule has 3 nitrogen and oxygen atoms in total. The van der Waals surface area contributed by atoms with E-state index in [0.717, 1.165) is 18.6 Å². The summed E-state index contributed by atoms with van der Waals surface area (Å²) in [6.45, 7) is 1.91. The lowest BCUT2D eigenvalue weighted by Crippen LogP contribution is -2.25. The highest BCUT2D eigenvalue weighted by Gasteiger charge is 2.30. The van der Waals surface area contributed by atoms with Crippen molar-refractivity contribution in [3.63, 3.8) is 0 Å². The van der Waals surface area contributed by atoms with Gasteiger partial charge in [0.25, 0.3) is 0 Å². The molecule has 0 unspecified atom stereocenters. The standard InChI is InChI=1S/C12H14F3N3S/c1-2-4-10(17-18-11(16)19)8-5-3-6-9(7-8)12(13,14)15/h3,5-7H,2,4H2,1H3,(H3,16,18,19)/b17-10+. The van der Waals surface area contributed by atoms with Crippen molar-refractivity contribution >= 4 is 23.0 Å². The summed E-state index contributed by atoms with van der Waals surface area (Å²) < 4.78 is 37.9. The largest absolute Gasteiger partial charge is 0.416 e. The molecule has 0 heterocycles. The van der Waals surface area contributed by atoms with Gasteiger partial charge in [0.15, 0.2) is 5.11 Å². The summed E-state index contributed by atoms with van der Waals surface area (Å²) in [6, 6.07) is 5.01. The normalized spacial score (nSPS) is 12.3. The molecule has 1 rings (SSSR count). The molecule has 0 saturated heterocycles. The Hall–Kier alpha value is -1.63. The lowest BCUT2D eigenvalue weighted by Gasteiger charge is -2.10. The van der Waals surface area contributed by atoms with Gasteiger partial charge >= 0.3 is 6.18 Å². The summed E-state index contributed by atoms with van der Waals surface area (Å²) in [4.78, 5) is 0. The van der Waals surface area contributed by atoms with Gasteiger partial charge in [-0.15, -0.1) is 0 Å². The Balaban J connectivity index is 3.09. The van der Waals surface area contributed by atoms with E-state index in [1.165, 1.54) is 6.07 Å². The second kappa shape index (κ2) is 6.51. The molecule has 0 aliphatic heterocycles. The number of halogens is 3. The van der Waals surface area contributed by atoms with Gasteiger partial charge in [-0.25, -0.2) is 0 Å². The van der Waals surface area contributed by atoms with Crippen LogP contribution in [0.5, 0.6) is 0 Å². The summed E-state index contributed by atoms with van der Waals surface area (Å²) in [6.07, 6.45) is -3.10. The second-order valence-electron chi connectivity index (χ2n) is 3.86. The molecule has 0 radical (unpaired) electrons. The minimum absolute atomic E-state index is 0.0272. The van der Waals surface area contributed by atoms with Gasteiger partial charge in [-0.3, -0.25) is 5.43 Å². The van der Waals surface area contributed by atoms with Crippen molar-refractivity contribution in [1.82, 2.24) is 5.43 Å². The Morgan fingerprint density at radius 3 is 2.63 bits per heavy atom. The number of hydrogen-bond acceptors (Lipinski definition) is 2. The summed E-state index contributed by atoms with van der Waals surface area (Å²) >= 11 is 4.61. The van der Waals surface area contributed by atoms with Crippen LogP contribution in [0.3, 0.4) is 0 Å². The molecule has 0 aliphatic carbocycles. The lowest BCUT2D eigenvalue weighted by atomic mass is 10.0. The Morgan fingerprint density at radius 2 is 2.11 bits per heavy atom. The van der Waals surface area contributed by atoms with Crippen LogP contribution >= 0.6 is 12.2 Å². The van der Waals surface area contributed by atoms with Crippen LogP contribution in [0.15, 0.2) is 29.4 Å². The third-order valence-electron chi connectivity index (χ3n) is 2.31. The molecule has 0 amide bonds. The summed E-state index contributed by atoms with van der Waals surface area (Å²) in [5.41, 5.74) is 7.84. The SMILES string of the molecule is CCC/C(=N\NC(N)=S)c1cccc(C(F)(F)F)c1. The van der Waals surface area contributed by atoms with E-state index in [4.69, 9.17) is 5.73 Å². The lowest BCUT2D eigenvalue weighted by molar-refractivity contribution is -0.137. The van der Waals surface area contributed by atoms with Crippen LogP contribution in [0.25, 0.3) is 0 Å². The smallest absolute Gasteiger partial charge is 0.375 e. The van der Waals surface area contributed by atoms with Crippen LogP contribution in [0.2, 0.25) is 0 Å². The molecule has 0 bridgehead atoms. The predicted octanol–water partition coefficient (Wildman–Crippen LogP) is 3.04. The van der Waals surface area contributed by atoms with Crippen molar-refractivity contribution in [2.75, 3.05) is 0 Å². The zero-order chi connectivity index (χ0) is 14.5. The van der Waals surface area contributed by atoms with Gasteiger partial charge in [-0.2, -0.15) is 18.3 Å². The van der Waals surface area contributed by atoms with Gasteiger partial charge in [0.05, 0.1) is 11.3 Å². The first-order valence-electron chi connectivity index (χ1n) is 5.64. The van der Waals surface area contributed by atoms with Crippen molar-refractivity contribution in [2.24, 2.45) is 10.8 Å². The molecule has 0 atom stereocenters. The van der Waals surface area contributed by atoms with E-state index in [-0.39, 0.29) is 5.11 Å². The van der Waals surface area contributed by atoms with E-state index in [1.54, 1.807) is 6.07 Å². The summed E-state index contributed by atoms with van der Waals surface area (Å²) in [7, 11) is 0. The maximum atomic E-state index is 12.6. The first-order chi connectivity index (χ1) is 8.84. The third kappa shape index (κ3) is 4.86. The zero-order valence-electron chi connectivity index (χ0n) is 10.3.